The van der Waals surface area contributed by atoms with Gasteiger partial charge in [0.25, 0.3) is 0 Å². The van der Waals surface area contributed by atoms with E-state index in [1.54, 1.807) is 37.3 Å². The van der Waals surface area contributed by atoms with Gasteiger partial charge in [0.1, 0.15) is 5.75 Å². The van der Waals surface area contributed by atoms with Crippen molar-refractivity contribution in [3.63, 3.8) is 0 Å². The number of hydrogen-bond donors (Lipinski definition) is 0. The Bertz CT molecular complexity index is 942. The van der Waals surface area contributed by atoms with Crippen LogP contribution in [0.15, 0.2) is 34.9 Å². The summed E-state index contributed by atoms with van der Waals surface area (Å²) in [6, 6.07) is 8.28. The summed E-state index contributed by atoms with van der Waals surface area (Å²) in [4.78, 5) is 3.40. The number of aryl methyl sites for hydroxylation is 2. The summed E-state index contributed by atoms with van der Waals surface area (Å²) in [5, 5.41) is 11.2. The van der Waals surface area contributed by atoms with E-state index in [0.29, 0.717) is 29.2 Å². The third-order valence-corrected chi connectivity index (χ3v) is 3.73. The van der Waals surface area contributed by atoms with Crippen LogP contribution in [0.3, 0.4) is 0 Å². The van der Waals surface area contributed by atoms with Gasteiger partial charge in [-0.3, -0.25) is 0 Å². The first kappa shape index (κ1) is 19.6. The molecule has 3 rings (SSSR count). The zero-order chi connectivity index (χ0) is 20.3. The van der Waals surface area contributed by atoms with E-state index >= 15 is 0 Å². The molecular weight excluding hydrogens is 377 g/mol. The molecule has 0 spiro atoms. The monoisotopic (exact) mass is 394 g/mol. The van der Waals surface area contributed by atoms with Gasteiger partial charge in [0.15, 0.2) is 0 Å². The van der Waals surface area contributed by atoms with Crippen molar-refractivity contribution >= 4 is 0 Å². The minimum Gasteiger partial charge on any atom is -0.455 e. The lowest BCUT2D eigenvalue weighted by Crippen LogP contribution is -2.23. The van der Waals surface area contributed by atoms with Crippen LogP contribution in [0.2, 0.25) is 0 Å². The van der Waals surface area contributed by atoms with Gasteiger partial charge in [-0.25, -0.2) is 0 Å². The third kappa shape index (κ3) is 4.56. The van der Waals surface area contributed by atoms with Gasteiger partial charge in [0.2, 0.25) is 18.0 Å². The zero-order valence-electron chi connectivity index (χ0n) is 15.3. The van der Waals surface area contributed by atoms with Crippen molar-refractivity contribution in [1.82, 2.24) is 20.3 Å². The van der Waals surface area contributed by atoms with Crippen molar-refractivity contribution in [3.8, 4) is 23.0 Å². The van der Waals surface area contributed by atoms with E-state index in [4.69, 9.17) is 9.47 Å². The Hall–Kier alpha value is -3.17. The molecule has 2 aromatic heterocycles. The average Bonchev–Trinajstić information content (AvgIpc) is 3.13. The minimum atomic E-state index is -4.69. The van der Waals surface area contributed by atoms with Crippen LogP contribution in [0.1, 0.15) is 30.5 Å². The quantitative estimate of drug-likeness (QED) is 0.575. The fourth-order valence-electron chi connectivity index (χ4n) is 2.34. The van der Waals surface area contributed by atoms with E-state index < -0.39 is 18.4 Å². The minimum absolute atomic E-state index is 0.144. The summed E-state index contributed by atoms with van der Waals surface area (Å²) in [6.07, 6.45) is -4.76. The van der Waals surface area contributed by atoms with Gasteiger partial charge < -0.3 is 14.0 Å². The summed E-state index contributed by atoms with van der Waals surface area (Å²) in [6.45, 7) is 5.40. The number of aromatic nitrogens is 4. The maximum Gasteiger partial charge on any atom is 0.471 e. The molecule has 0 fully saturated rings. The number of rotatable bonds is 6. The van der Waals surface area contributed by atoms with Crippen LogP contribution in [0.25, 0.3) is 11.4 Å². The highest BCUT2D eigenvalue weighted by Crippen LogP contribution is 2.31. The number of alkyl halides is 3. The van der Waals surface area contributed by atoms with Gasteiger partial charge in [0, 0.05) is 18.1 Å². The summed E-state index contributed by atoms with van der Waals surface area (Å²) in [7, 11) is 0. The number of halogens is 3. The van der Waals surface area contributed by atoms with Crippen molar-refractivity contribution in [1.29, 1.82) is 0 Å². The maximum atomic E-state index is 12.6. The molecule has 3 aromatic rings. The molecule has 1 atom stereocenters. The first-order chi connectivity index (χ1) is 13.3. The molecule has 28 heavy (non-hydrogen) atoms. The van der Waals surface area contributed by atoms with Crippen molar-refractivity contribution in [2.24, 2.45) is 0 Å². The predicted octanol–water partition coefficient (Wildman–Crippen LogP) is 4.36. The summed E-state index contributed by atoms with van der Waals surface area (Å²) in [5.41, 5.74) is 1.80. The molecule has 0 aliphatic heterocycles. The second kappa shape index (κ2) is 7.83. The van der Waals surface area contributed by atoms with Gasteiger partial charge in [-0.2, -0.15) is 23.3 Å². The second-order valence-corrected chi connectivity index (χ2v) is 5.98. The van der Waals surface area contributed by atoms with Crippen LogP contribution in [0.4, 0.5) is 13.2 Å². The van der Waals surface area contributed by atoms with E-state index in [1.165, 1.54) is 0 Å². The Balaban J connectivity index is 1.74. The first-order valence-corrected chi connectivity index (χ1v) is 8.42. The number of ether oxygens (including phenoxy) is 2. The number of hydrogen-bond acceptors (Lipinski definition) is 7. The van der Waals surface area contributed by atoms with E-state index in [-0.39, 0.29) is 5.82 Å². The topological polar surface area (TPSA) is 83.2 Å². The van der Waals surface area contributed by atoms with E-state index in [9.17, 15) is 13.2 Å². The molecule has 0 aliphatic carbocycles. The first-order valence-electron chi connectivity index (χ1n) is 8.42. The summed E-state index contributed by atoms with van der Waals surface area (Å²) >= 11 is 0. The molecule has 0 bridgehead atoms. The molecule has 0 saturated heterocycles. The van der Waals surface area contributed by atoms with Crippen LogP contribution < -0.4 is 9.47 Å². The van der Waals surface area contributed by atoms with Crippen LogP contribution >= 0.6 is 0 Å². The SMILES string of the molecule is CCC(Oc1ccc(-c2noc(C(F)(F)F)n2)c(C)c1)Oc1ccc(C)nn1. The lowest BCUT2D eigenvalue weighted by atomic mass is 10.1. The molecule has 0 N–H and O–H groups in total. The molecule has 0 radical (unpaired) electrons. The molecule has 0 amide bonds. The Morgan fingerprint density at radius 3 is 2.43 bits per heavy atom. The van der Waals surface area contributed by atoms with Gasteiger partial charge in [0.05, 0.1) is 5.69 Å². The number of benzene rings is 1. The van der Waals surface area contributed by atoms with E-state index in [0.717, 1.165) is 5.69 Å². The third-order valence-electron chi connectivity index (χ3n) is 3.73. The van der Waals surface area contributed by atoms with Crippen LogP contribution in [-0.2, 0) is 6.18 Å². The van der Waals surface area contributed by atoms with Crippen molar-refractivity contribution in [3.05, 3.63) is 47.5 Å². The number of nitrogens with zero attached hydrogens (tertiary/aromatic N) is 4. The highest BCUT2D eigenvalue weighted by molar-refractivity contribution is 5.61. The molecule has 1 unspecified atom stereocenters. The average molecular weight is 394 g/mol. The normalized spacial score (nSPS) is 12.6. The molecule has 148 valence electrons. The van der Waals surface area contributed by atoms with Gasteiger partial charge in [-0.1, -0.05) is 12.1 Å². The molecule has 7 nitrogen and oxygen atoms in total. The van der Waals surface area contributed by atoms with E-state index in [2.05, 4.69) is 24.9 Å². The fraction of sp³-hybridized carbons (Fsp3) is 0.333. The van der Waals surface area contributed by atoms with E-state index in [1.807, 2.05) is 13.8 Å². The van der Waals surface area contributed by atoms with Crippen molar-refractivity contribution in [2.45, 2.75) is 39.7 Å². The Morgan fingerprint density at radius 1 is 1.07 bits per heavy atom. The predicted molar refractivity (Wildman–Crippen MR) is 91.6 cm³/mol. The van der Waals surface area contributed by atoms with Crippen LogP contribution in [0.5, 0.6) is 11.6 Å². The highest BCUT2D eigenvalue weighted by atomic mass is 19.4. The molecular formula is C18H17F3N4O3. The molecule has 10 heteroatoms. The van der Waals surface area contributed by atoms with Gasteiger partial charge in [-0.05, 0) is 43.7 Å². The molecule has 0 saturated carbocycles. The Kier molecular flexibility index (Phi) is 5.48. The Labute approximate surface area is 158 Å². The second-order valence-electron chi connectivity index (χ2n) is 5.98. The van der Waals surface area contributed by atoms with Crippen LogP contribution in [0, 0.1) is 13.8 Å². The van der Waals surface area contributed by atoms with Crippen LogP contribution in [-0.4, -0.2) is 26.6 Å². The maximum absolute atomic E-state index is 12.6. The van der Waals surface area contributed by atoms with Gasteiger partial charge in [-0.15, -0.1) is 5.10 Å². The van der Waals surface area contributed by atoms with Gasteiger partial charge >= 0.3 is 12.1 Å². The zero-order valence-corrected chi connectivity index (χ0v) is 15.3. The lowest BCUT2D eigenvalue weighted by Gasteiger charge is -2.18. The fourth-order valence-corrected chi connectivity index (χ4v) is 2.34. The largest absolute Gasteiger partial charge is 0.471 e. The lowest BCUT2D eigenvalue weighted by molar-refractivity contribution is -0.159. The Morgan fingerprint density at radius 2 is 1.86 bits per heavy atom. The summed E-state index contributed by atoms with van der Waals surface area (Å²) in [5.74, 6) is -0.722. The molecule has 1 aromatic carbocycles. The standard InChI is InChI=1S/C18H17F3N4O3/c1-4-15(27-14-8-5-11(3)23-24-14)26-12-6-7-13(10(2)9-12)16-22-17(28-25-16)18(19,20)21/h5-9,15H,4H2,1-3H3. The molecule has 2 heterocycles. The molecule has 0 aliphatic rings. The highest BCUT2D eigenvalue weighted by Gasteiger charge is 2.38. The summed E-state index contributed by atoms with van der Waals surface area (Å²) < 4.78 is 53.6. The van der Waals surface area contributed by atoms with Crippen molar-refractivity contribution in [2.75, 3.05) is 0 Å². The smallest absolute Gasteiger partial charge is 0.455 e. The van der Waals surface area contributed by atoms with Crippen molar-refractivity contribution < 1.29 is 27.2 Å².